The largest absolute Gasteiger partial charge is 0.465 e. The van der Waals surface area contributed by atoms with Crippen molar-refractivity contribution >= 4 is 16.7 Å². The van der Waals surface area contributed by atoms with Crippen molar-refractivity contribution in [3.8, 4) is 0 Å². The Morgan fingerprint density at radius 2 is 2.06 bits per heavy atom. The van der Waals surface area contributed by atoms with Gasteiger partial charge in [-0.3, -0.25) is 4.79 Å². The van der Waals surface area contributed by atoms with Crippen LogP contribution in [0.15, 0.2) is 35.3 Å². The van der Waals surface area contributed by atoms with Crippen LogP contribution in [0.25, 0.3) is 10.8 Å². The van der Waals surface area contributed by atoms with Crippen LogP contribution in [0.5, 0.6) is 0 Å². The first kappa shape index (κ1) is 10.4. The highest BCUT2D eigenvalue weighted by Crippen LogP contribution is 2.15. The number of aryl methyl sites for hydroxylation is 1. The quantitative estimate of drug-likeness (QED) is 0.677. The molecule has 0 atom stereocenters. The highest BCUT2D eigenvalue weighted by Gasteiger charge is 2.13. The van der Waals surface area contributed by atoms with Gasteiger partial charge in [0, 0.05) is 13.2 Å². The zero-order chi connectivity index (χ0) is 11.7. The first-order chi connectivity index (χ1) is 7.65. The molecule has 0 fully saturated rings. The van der Waals surface area contributed by atoms with Crippen molar-refractivity contribution in [3.05, 3.63) is 46.4 Å². The molecule has 0 saturated carbocycles. The van der Waals surface area contributed by atoms with E-state index in [9.17, 15) is 9.59 Å². The molecule has 0 N–H and O–H groups in total. The molecule has 4 nitrogen and oxygen atoms in total. The smallest absolute Gasteiger partial charge is 0.338 e. The van der Waals surface area contributed by atoms with E-state index in [1.54, 1.807) is 37.5 Å². The first-order valence-corrected chi connectivity index (χ1v) is 4.82. The van der Waals surface area contributed by atoms with Crippen LogP contribution >= 0.6 is 0 Å². The summed E-state index contributed by atoms with van der Waals surface area (Å²) in [6.45, 7) is 0. The predicted molar refractivity (Wildman–Crippen MR) is 60.5 cm³/mol. The van der Waals surface area contributed by atoms with Gasteiger partial charge in [0.15, 0.2) is 0 Å². The number of ether oxygens (including phenoxy) is 1. The summed E-state index contributed by atoms with van der Waals surface area (Å²) in [5, 5.41) is 1.14. The van der Waals surface area contributed by atoms with Crippen molar-refractivity contribution in [3.63, 3.8) is 0 Å². The summed E-state index contributed by atoms with van der Waals surface area (Å²) in [4.78, 5) is 23.4. The molecule has 82 valence electrons. The lowest BCUT2D eigenvalue weighted by atomic mass is 10.1. The number of benzene rings is 1. The number of esters is 1. The molecule has 2 rings (SSSR count). The number of pyridine rings is 1. The molecule has 0 amide bonds. The van der Waals surface area contributed by atoms with E-state index in [1.165, 1.54) is 11.7 Å². The topological polar surface area (TPSA) is 48.3 Å². The molecule has 0 aliphatic carbocycles. The predicted octanol–water partition coefficient (Wildman–Crippen LogP) is 1.33. The molecule has 1 aromatic carbocycles. The van der Waals surface area contributed by atoms with Gasteiger partial charge in [-0.15, -0.1) is 0 Å². The van der Waals surface area contributed by atoms with Crippen molar-refractivity contribution < 1.29 is 9.53 Å². The minimum absolute atomic E-state index is 0.196. The van der Waals surface area contributed by atoms with E-state index in [-0.39, 0.29) is 5.56 Å². The van der Waals surface area contributed by atoms with E-state index < -0.39 is 5.97 Å². The van der Waals surface area contributed by atoms with Crippen LogP contribution in [0.2, 0.25) is 0 Å². The Labute approximate surface area is 92.1 Å². The van der Waals surface area contributed by atoms with Gasteiger partial charge >= 0.3 is 5.97 Å². The highest BCUT2D eigenvalue weighted by atomic mass is 16.5. The monoisotopic (exact) mass is 217 g/mol. The average Bonchev–Trinajstić information content (AvgIpc) is 2.32. The Morgan fingerprint density at radius 3 is 2.75 bits per heavy atom. The lowest BCUT2D eigenvalue weighted by Gasteiger charge is -2.05. The fraction of sp³-hybridized carbons (Fsp3) is 0.167. The van der Waals surface area contributed by atoms with Crippen LogP contribution in [0, 0.1) is 0 Å². The van der Waals surface area contributed by atoms with E-state index in [1.807, 2.05) is 0 Å². The van der Waals surface area contributed by atoms with Crippen LogP contribution in [-0.4, -0.2) is 17.6 Å². The van der Waals surface area contributed by atoms with Crippen LogP contribution in [0.3, 0.4) is 0 Å². The van der Waals surface area contributed by atoms with Gasteiger partial charge in [0.1, 0.15) is 0 Å². The van der Waals surface area contributed by atoms with E-state index in [0.29, 0.717) is 10.9 Å². The normalized spacial score (nSPS) is 10.4. The molecule has 0 unspecified atom stereocenters. The molecule has 0 spiro atoms. The standard InChI is InChI=1S/C12H11NO3/c1-13-7-6-8-4-3-5-9(12(15)16-2)10(8)11(13)14/h3-7H,1-2H3. The molecule has 0 bridgehead atoms. The molecule has 16 heavy (non-hydrogen) atoms. The number of carbonyl (C=O) groups is 1. The van der Waals surface area contributed by atoms with Gasteiger partial charge in [0.25, 0.3) is 5.56 Å². The molecule has 0 aliphatic heterocycles. The molecule has 2 aromatic rings. The van der Waals surface area contributed by atoms with Crippen molar-refractivity contribution in [2.75, 3.05) is 7.11 Å². The Balaban J connectivity index is 2.90. The summed E-state index contributed by atoms with van der Waals surface area (Å²) in [5.41, 5.74) is 0.111. The van der Waals surface area contributed by atoms with E-state index in [4.69, 9.17) is 0 Å². The maximum absolute atomic E-state index is 11.9. The van der Waals surface area contributed by atoms with Crippen molar-refractivity contribution in [1.82, 2.24) is 4.57 Å². The van der Waals surface area contributed by atoms with Gasteiger partial charge in [-0.1, -0.05) is 12.1 Å². The summed E-state index contributed by atoms with van der Waals surface area (Å²) >= 11 is 0. The van der Waals surface area contributed by atoms with Crippen LogP contribution in [0.1, 0.15) is 10.4 Å². The summed E-state index contributed by atoms with van der Waals surface area (Å²) < 4.78 is 6.09. The maximum Gasteiger partial charge on any atom is 0.338 e. The molecule has 1 heterocycles. The number of aromatic nitrogens is 1. The van der Waals surface area contributed by atoms with E-state index >= 15 is 0 Å². The summed E-state index contributed by atoms with van der Waals surface area (Å²) in [5.74, 6) is -0.492. The second-order valence-electron chi connectivity index (χ2n) is 3.49. The van der Waals surface area contributed by atoms with Gasteiger partial charge < -0.3 is 9.30 Å². The van der Waals surface area contributed by atoms with Crippen LogP contribution < -0.4 is 5.56 Å². The average molecular weight is 217 g/mol. The fourth-order valence-electron chi connectivity index (χ4n) is 1.66. The number of rotatable bonds is 1. The second kappa shape index (κ2) is 3.81. The van der Waals surface area contributed by atoms with Gasteiger partial charge in [-0.2, -0.15) is 0 Å². The third-order valence-corrected chi connectivity index (χ3v) is 2.51. The van der Waals surface area contributed by atoms with Gasteiger partial charge in [0.2, 0.25) is 0 Å². The first-order valence-electron chi connectivity index (χ1n) is 4.82. The molecular weight excluding hydrogens is 206 g/mol. The summed E-state index contributed by atoms with van der Waals surface area (Å²) in [6, 6.07) is 6.91. The Bertz CT molecular complexity index is 613. The molecule has 0 aliphatic rings. The van der Waals surface area contributed by atoms with Crippen LogP contribution in [0.4, 0.5) is 0 Å². The maximum atomic E-state index is 11.9. The summed E-state index contributed by atoms with van der Waals surface area (Å²) in [6.07, 6.45) is 1.67. The highest BCUT2D eigenvalue weighted by molar-refractivity contribution is 6.03. The number of carbonyl (C=O) groups excluding carboxylic acids is 1. The number of hydrogen-bond acceptors (Lipinski definition) is 3. The number of nitrogens with zero attached hydrogens (tertiary/aromatic N) is 1. The second-order valence-corrected chi connectivity index (χ2v) is 3.49. The molecule has 4 heteroatoms. The minimum atomic E-state index is -0.492. The Kier molecular flexibility index (Phi) is 2.48. The van der Waals surface area contributed by atoms with Crippen molar-refractivity contribution in [1.29, 1.82) is 0 Å². The zero-order valence-corrected chi connectivity index (χ0v) is 9.06. The molecule has 1 aromatic heterocycles. The summed E-state index contributed by atoms with van der Waals surface area (Å²) in [7, 11) is 2.95. The van der Waals surface area contributed by atoms with Gasteiger partial charge in [-0.25, -0.2) is 4.79 Å². The SMILES string of the molecule is COC(=O)c1cccc2ccn(C)c(=O)c12. The molecular formula is C12H11NO3. The number of fused-ring (bicyclic) bond motifs is 1. The third-order valence-electron chi connectivity index (χ3n) is 2.51. The van der Waals surface area contributed by atoms with Gasteiger partial charge in [0.05, 0.1) is 18.1 Å². The van der Waals surface area contributed by atoms with E-state index in [2.05, 4.69) is 4.74 Å². The fourth-order valence-corrected chi connectivity index (χ4v) is 1.66. The molecule has 0 radical (unpaired) electrons. The number of methoxy groups -OCH3 is 1. The Hall–Kier alpha value is -2.10. The Morgan fingerprint density at radius 1 is 1.31 bits per heavy atom. The van der Waals surface area contributed by atoms with Crippen molar-refractivity contribution in [2.24, 2.45) is 7.05 Å². The molecule has 0 saturated heterocycles. The van der Waals surface area contributed by atoms with Crippen LogP contribution in [-0.2, 0) is 11.8 Å². The van der Waals surface area contributed by atoms with Crippen molar-refractivity contribution in [2.45, 2.75) is 0 Å². The van der Waals surface area contributed by atoms with Gasteiger partial charge in [-0.05, 0) is 17.5 Å². The lowest BCUT2D eigenvalue weighted by Crippen LogP contribution is -2.18. The minimum Gasteiger partial charge on any atom is -0.465 e. The van der Waals surface area contributed by atoms with E-state index in [0.717, 1.165) is 5.39 Å². The third kappa shape index (κ3) is 1.48. The lowest BCUT2D eigenvalue weighted by molar-refractivity contribution is 0.0603. The number of hydrogen-bond donors (Lipinski definition) is 0. The zero-order valence-electron chi connectivity index (χ0n) is 9.06.